The quantitative estimate of drug-likeness (QED) is 0.397. The third kappa shape index (κ3) is 5.21. The van der Waals surface area contributed by atoms with E-state index in [4.69, 9.17) is 4.74 Å². The number of nitriles is 1. The highest BCUT2D eigenvalue weighted by Crippen LogP contribution is 2.39. The van der Waals surface area contributed by atoms with Gasteiger partial charge in [-0.1, -0.05) is 6.07 Å². The van der Waals surface area contributed by atoms with Crippen molar-refractivity contribution in [3.63, 3.8) is 0 Å². The Hall–Kier alpha value is -1.83. The van der Waals surface area contributed by atoms with Crippen molar-refractivity contribution in [1.82, 2.24) is 4.72 Å². The van der Waals surface area contributed by atoms with Crippen LogP contribution in [-0.2, 0) is 26.7 Å². The van der Waals surface area contributed by atoms with Crippen LogP contribution < -0.4 is 9.46 Å². The van der Waals surface area contributed by atoms with Crippen LogP contribution in [0.15, 0.2) is 36.4 Å². The zero-order valence-corrected chi connectivity index (χ0v) is 23.1. The Balaban J connectivity index is 2.19. The lowest BCUT2D eigenvalue weighted by Crippen LogP contribution is -2.54. The molecule has 0 radical (unpaired) electrons. The third-order valence-corrected chi connectivity index (χ3v) is 11.3. The van der Waals surface area contributed by atoms with E-state index in [1.54, 1.807) is 18.3 Å². The van der Waals surface area contributed by atoms with Gasteiger partial charge >= 0.3 is 0 Å². The molecule has 2 aromatic carbocycles. The van der Waals surface area contributed by atoms with Gasteiger partial charge in [0.15, 0.2) is 14.6 Å². The van der Waals surface area contributed by atoms with Crippen LogP contribution in [-0.4, -0.2) is 34.8 Å². The number of nitrogens with zero attached hydrogens (tertiary/aromatic N) is 1. The minimum atomic E-state index is -3.88. The number of thiophene rings is 1. The Morgan fingerprint density at radius 1 is 1.06 bits per heavy atom. The van der Waals surface area contributed by atoms with E-state index in [2.05, 4.69) is 4.72 Å². The molecular weight excluding hydrogens is 488 g/mol. The van der Waals surface area contributed by atoms with Crippen LogP contribution in [0.25, 0.3) is 20.2 Å². The molecule has 2 atom stereocenters. The van der Waals surface area contributed by atoms with Crippen molar-refractivity contribution in [2.75, 3.05) is 12.4 Å². The summed E-state index contributed by atoms with van der Waals surface area (Å²) >= 11 is 0.107. The number of nitrogens with one attached hydrogen (secondary N) is 1. The van der Waals surface area contributed by atoms with Crippen LogP contribution >= 0.6 is 11.3 Å². The van der Waals surface area contributed by atoms with Crippen LogP contribution in [0.1, 0.15) is 54.0 Å². The molecule has 0 saturated carbocycles. The fourth-order valence-electron chi connectivity index (χ4n) is 3.52. The first-order chi connectivity index (χ1) is 15.6. The summed E-state index contributed by atoms with van der Waals surface area (Å²) in [6.07, 6.45) is 0. The number of hydrogen-bond donors (Lipinski definition) is 1. The normalized spacial score (nSPS) is 15.7. The van der Waals surface area contributed by atoms with Gasteiger partial charge in [-0.25, -0.2) is 8.42 Å². The van der Waals surface area contributed by atoms with Crippen LogP contribution in [0.3, 0.4) is 0 Å². The maximum atomic E-state index is 13.3. The van der Waals surface area contributed by atoms with Crippen molar-refractivity contribution < 1.29 is 17.7 Å². The number of hydrogen-bond acceptors (Lipinski definition) is 7. The molecule has 0 unspecified atom stereocenters. The van der Waals surface area contributed by atoms with Gasteiger partial charge in [0.25, 0.3) is 0 Å². The molecule has 3 aromatic rings. The second-order valence-corrected chi connectivity index (χ2v) is 15.7. The molecule has 0 aliphatic rings. The first kappa shape index (κ1) is 26.8. The third-order valence-electron chi connectivity index (χ3n) is 5.79. The second kappa shape index (κ2) is 9.32. The van der Waals surface area contributed by atoms with E-state index in [1.165, 1.54) is 13.8 Å². The van der Waals surface area contributed by atoms with Gasteiger partial charge < -0.3 is 9.29 Å². The summed E-state index contributed by atoms with van der Waals surface area (Å²) in [5, 5.41) is 11.5. The number of benzene rings is 2. The molecule has 0 amide bonds. The Labute approximate surface area is 209 Å². The lowest BCUT2D eigenvalue weighted by Gasteiger charge is -2.36. The highest BCUT2D eigenvalue weighted by Gasteiger charge is 2.45. The molecule has 1 aromatic heterocycles. The molecule has 1 heterocycles. The van der Waals surface area contributed by atoms with E-state index in [-0.39, 0.29) is 5.75 Å². The van der Waals surface area contributed by atoms with Crippen molar-refractivity contribution >= 4 is 52.7 Å². The molecule has 0 aliphatic heterocycles. The molecule has 0 bridgehead atoms. The molecule has 3 rings (SSSR count). The monoisotopic (exact) mass is 520 g/mol. The lowest BCUT2D eigenvalue weighted by molar-refractivity contribution is 0.341. The van der Waals surface area contributed by atoms with Crippen molar-refractivity contribution in [3.05, 3.63) is 42.0 Å². The maximum Gasteiger partial charge on any atom is 0.171 e. The molecule has 0 saturated heterocycles. The molecule has 0 aliphatic carbocycles. The van der Waals surface area contributed by atoms with Crippen molar-refractivity contribution in [3.8, 4) is 11.8 Å². The Kier molecular flexibility index (Phi) is 7.34. The predicted octanol–water partition coefficient (Wildman–Crippen LogP) is 5.44. The van der Waals surface area contributed by atoms with E-state index >= 15 is 0 Å². The summed E-state index contributed by atoms with van der Waals surface area (Å²) in [6, 6.07) is 13.7. The van der Waals surface area contributed by atoms with Crippen LogP contribution in [0.2, 0.25) is 0 Å². The van der Waals surface area contributed by atoms with Crippen LogP contribution in [0, 0.1) is 11.3 Å². The van der Waals surface area contributed by atoms with Gasteiger partial charge in [0.2, 0.25) is 0 Å². The molecule has 1 N–H and O–H groups in total. The van der Waals surface area contributed by atoms with E-state index in [9.17, 15) is 18.2 Å². The smallest absolute Gasteiger partial charge is 0.171 e. The predicted molar refractivity (Wildman–Crippen MR) is 142 cm³/mol. The largest absolute Gasteiger partial charge is 0.598 e. The summed E-state index contributed by atoms with van der Waals surface area (Å²) in [5.41, 5.74) is -0.498. The van der Waals surface area contributed by atoms with Crippen LogP contribution in [0.4, 0.5) is 0 Å². The fourth-order valence-corrected chi connectivity index (χ4v) is 7.08. The van der Waals surface area contributed by atoms with Crippen molar-refractivity contribution in [2.24, 2.45) is 0 Å². The zero-order valence-electron chi connectivity index (χ0n) is 20.7. The zero-order chi connectivity index (χ0) is 25.5. The lowest BCUT2D eigenvalue weighted by atomic mass is 9.94. The minimum Gasteiger partial charge on any atom is -0.598 e. The van der Waals surface area contributed by atoms with Gasteiger partial charge in [-0.2, -0.15) is 5.26 Å². The van der Waals surface area contributed by atoms with Gasteiger partial charge in [-0.05, 0) is 84.4 Å². The minimum absolute atomic E-state index is 0.375. The number of rotatable bonds is 8. The van der Waals surface area contributed by atoms with Crippen molar-refractivity contribution in [1.29, 1.82) is 5.26 Å². The van der Waals surface area contributed by atoms with E-state index in [0.717, 1.165) is 25.9 Å². The van der Waals surface area contributed by atoms with Gasteiger partial charge in [-0.3, -0.25) is 0 Å². The first-order valence-electron chi connectivity index (χ1n) is 11.1. The van der Waals surface area contributed by atoms with Gasteiger partial charge in [-0.15, -0.1) is 16.1 Å². The van der Waals surface area contributed by atoms with Crippen molar-refractivity contribution in [2.45, 2.75) is 63.5 Å². The highest BCUT2D eigenvalue weighted by molar-refractivity contribution is 7.93. The van der Waals surface area contributed by atoms with Gasteiger partial charge in [0.1, 0.15) is 10.5 Å². The number of ether oxygens (including phenoxy) is 1. The summed E-state index contributed by atoms with van der Waals surface area (Å²) in [5.74, 6) is 0.397. The molecule has 0 fully saturated rings. The standard InChI is InChI=1S/C25H32N2O4S3/c1-8-31-18-10-12-22-20(14-18)19-13-17(9-11-21(19)32-22)25(7,27-33(28)23(2,3)4)16-34(29,30)24(5,6)15-26/h9-14,27H,8,16H2,1-7H3/t25-,33+/m0/s1. The molecule has 34 heavy (non-hydrogen) atoms. The molecule has 9 heteroatoms. The van der Waals surface area contributed by atoms with Gasteiger partial charge in [0.05, 0.1) is 24.0 Å². The molecule has 184 valence electrons. The molecule has 0 spiro atoms. The average Bonchev–Trinajstić information content (AvgIpc) is 3.10. The van der Waals surface area contributed by atoms with Crippen LogP contribution in [0.5, 0.6) is 5.75 Å². The van der Waals surface area contributed by atoms with E-state index < -0.39 is 36.2 Å². The van der Waals surface area contributed by atoms with E-state index in [1.807, 2.05) is 70.2 Å². The fraction of sp³-hybridized carbons (Fsp3) is 0.480. The topological polar surface area (TPSA) is 102 Å². The Morgan fingerprint density at radius 3 is 2.21 bits per heavy atom. The maximum absolute atomic E-state index is 13.3. The Bertz CT molecular complexity index is 1350. The summed E-state index contributed by atoms with van der Waals surface area (Å²) in [6.45, 7) is 12.5. The SMILES string of the molecule is CCOc1ccc2sc3ccc([C@](C)(CS(=O)(=O)C(C)(C)C#N)N[S@+]([O-])C(C)(C)C)cc3c2c1. The molecular formula is C25H32N2O4S3. The number of sulfone groups is 1. The van der Waals surface area contributed by atoms with Gasteiger partial charge in [0, 0.05) is 31.5 Å². The van der Waals surface area contributed by atoms with E-state index in [0.29, 0.717) is 12.2 Å². The summed E-state index contributed by atoms with van der Waals surface area (Å²) < 4.78 is 48.4. The Morgan fingerprint density at radius 2 is 1.65 bits per heavy atom. The first-order valence-corrected chi connectivity index (χ1v) is 14.7. The second-order valence-electron chi connectivity index (χ2n) is 10.1. The summed E-state index contributed by atoms with van der Waals surface area (Å²) in [4.78, 5) is 0. The highest BCUT2D eigenvalue weighted by atomic mass is 32.2. The number of fused-ring (bicyclic) bond motifs is 3. The molecule has 6 nitrogen and oxygen atoms in total. The average molecular weight is 521 g/mol. The summed E-state index contributed by atoms with van der Waals surface area (Å²) in [7, 11) is -3.88.